The summed E-state index contributed by atoms with van der Waals surface area (Å²) in [6.45, 7) is 3.85. The van der Waals surface area contributed by atoms with Crippen molar-refractivity contribution in [1.82, 2.24) is 5.32 Å². The van der Waals surface area contributed by atoms with Crippen molar-refractivity contribution >= 4 is 11.7 Å². The Balaban J connectivity index is 2.04. The third kappa shape index (κ3) is 2.14. The highest BCUT2D eigenvalue weighted by Gasteiger charge is 2.53. The van der Waals surface area contributed by atoms with E-state index < -0.39 is 11.5 Å². The molecular weight excluding hydrogens is 274 g/mol. The van der Waals surface area contributed by atoms with Crippen LogP contribution in [0.4, 0.5) is 0 Å². The number of nitrogens with one attached hydrogen (secondary N) is 1. The number of aryl methyl sites for hydroxylation is 2. The minimum atomic E-state index is -0.676. The minimum absolute atomic E-state index is 0.0526. The zero-order chi connectivity index (χ0) is 15.9. The fraction of sp³-hybridized carbons (Fsp3) is 0.474. The van der Waals surface area contributed by atoms with Crippen LogP contribution < -0.4 is 5.32 Å². The van der Waals surface area contributed by atoms with Crippen LogP contribution in [0.5, 0.6) is 0 Å². The second-order valence-electron chi connectivity index (χ2n) is 6.60. The summed E-state index contributed by atoms with van der Waals surface area (Å²) < 4.78 is 0. The van der Waals surface area contributed by atoms with Crippen molar-refractivity contribution in [1.29, 1.82) is 0 Å². The fourth-order valence-corrected chi connectivity index (χ4v) is 4.07. The summed E-state index contributed by atoms with van der Waals surface area (Å²) in [5.74, 6) is 1.85. The largest absolute Gasteiger partial charge is 0.343 e. The Kier molecular flexibility index (Phi) is 3.56. The van der Waals surface area contributed by atoms with Crippen LogP contribution in [-0.4, -0.2) is 17.2 Å². The van der Waals surface area contributed by atoms with Crippen molar-refractivity contribution in [3.63, 3.8) is 0 Å². The normalized spacial score (nSPS) is 23.4. The van der Waals surface area contributed by atoms with E-state index in [1.807, 2.05) is 26.0 Å². The molecule has 0 aromatic heterocycles. The van der Waals surface area contributed by atoms with E-state index in [-0.39, 0.29) is 11.7 Å². The van der Waals surface area contributed by atoms with Crippen molar-refractivity contribution in [2.24, 2.45) is 0 Å². The molecule has 1 unspecified atom stereocenters. The summed E-state index contributed by atoms with van der Waals surface area (Å²) in [6.07, 6.45) is 10.2. The summed E-state index contributed by atoms with van der Waals surface area (Å²) in [5.41, 5.74) is 2.86. The third-order valence-corrected chi connectivity index (χ3v) is 5.11. The predicted molar refractivity (Wildman–Crippen MR) is 85.6 cm³/mol. The van der Waals surface area contributed by atoms with E-state index in [1.54, 1.807) is 0 Å². The molecular formula is C19H21NO2. The van der Waals surface area contributed by atoms with E-state index in [0.717, 1.165) is 54.4 Å². The Morgan fingerprint density at radius 2 is 1.73 bits per heavy atom. The minimum Gasteiger partial charge on any atom is -0.343 e. The van der Waals surface area contributed by atoms with Gasteiger partial charge in [-0.05, 0) is 55.5 Å². The Labute approximate surface area is 131 Å². The van der Waals surface area contributed by atoms with Gasteiger partial charge in [0.2, 0.25) is 5.91 Å². The van der Waals surface area contributed by atoms with Gasteiger partial charge in [-0.2, -0.15) is 0 Å². The SMILES string of the molecule is C#Cc1cc(C)c(C2C(=O)NC3(CCCCC3)C2=O)c(C)c1. The summed E-state index contributed by atoms with van der Waals surface area (Å²) >= 11 is 0. The third-order valence-electron chi connectivity index (χ3n) is 5.11. The molecule has 1 heterocycles. The predicted octanol–water partition coefficient (Wildman–Crippen LogP) is 2.77. The van der Waals surface area contributed by atoms with Gasteiger partial charge in [-0.3, -0.25) is 9.59 Å². The topological polar surface area (TPSA) is 46.2 Å². The van der Waals surface area contributed by atoms with Gasteiger partial charge >= 0.3 is 0 Å². The Hall–Kier alpha value is -2.08. The molecule has 2 aliphatic rings. The van der Waals surface area contributed by atoms with E-state index in [0.29, 0.717) is 0 Å². The lowest BCUT2D eigenvalue weighted by Gasteiger charge is -2.31. The number of hydrogen-bond donors (Lipinski definition) is 1. The highest BCUT2D eigenvalue weighted by molar-refractivity contribution is 6.17. The summed E-state index contributed by atoms with van der Waals surface area (Å²) in [7, 11) is 0. The maximum Gasteiger partial charge on any atom is 0.235 e. The average Bonchev–Trinajstić information content (AvgIpc) is 2.71. The lowest BCUT2D eigenvalue weighted by atomic mass is 9.75. The van der Waals surface area contributed by atoms with Gasteiger partial charge in [0, 0.05) is 5.56 Å². The lowest BCUT2D eigenvalue weighted by molar-refractivity contribution is -0.125. The number of Topliss-reactive ketones (excluding diaryl/α,β-unsaturated/α-hetero) is 1. The van der Waals surface area contributed by atoms with Crippen molar-refractivity contribution < 1.29 is 9.59 Å². The number of rotatable bonds is 1. The summed E-state index contributed by atoms with van der Waals surface area (Å²) in [4.78, 5) is 25.6. The average molecular weight is 295 g/mol. The van der Waals surface area contributed by atoms with E-state index in [4.69, 9.17) is 6.42 Å². The second-order valence-corrected chi connectivity index (χ2v) is 6.60. The number of amides is 1. The van der Waals surface area contributed by atoms with Crippen LogP contribution in [0.1, 0.15) is 60.3 Å². The molecule has 1 saturated carbocycles. The molecule has 3 heteroatoms. The van der Waals surface area contributed by atoms with E-state index in [1.165, 1.54) is 0 Å². The quantitative estimate of drug-likeness (QED) is 0.639. The van der Waals surface area contributed by atoms with Crippen LogP contribution in [-0.2, 0) is 9.59 Å². The number of hydrogen-bond acceptors (Lipinski definition) is 2. The molecule has 22 heavy (non-hydrogen) atoms. The fourth-order valence-electron chi connectivity index (χ4n) is 4.07. The second kappa shape index (κ2) is 5.28. The molecule has 3 rings (SSSR count). The van der Waals surface area contributed by atoms with Crippen LogP contribution >= 0.6 is 0 Å². The molecule has 0 bridgehead atoms. The van der Waals surface area contributed by atoms with Crippen LogP contribution in [0.25, 0.3) is 0 Å². The summed E-state index contributed by atoms with van der Waals surface area (Å²) in [6, 6.07) is 3.77. The van der Waals surface area contributed by atoms with E-state index >= 15 is 0 Å². The first-order chi connectivity index (χ1) is 10.5. The van der Waals surface area contributed by atoms with Gasteiger partial charge in [0.25, 0.3) is 0 Å². The molecule has 114 valence electrons. The van der Waals surface area contributed by atoms with E-state index in [2.05, 4.69) is 11.2 Å². The monoisotopic (exact) mass is 295 g/mol. The zero-order valence-electron chi connectivity index (χ0n) is 13.2. The van der Waals surface area contributed by atoms with Crippen molar-refractivity contribution in [2.75, 3.05) is 0 Å². The molecule has 3 nitrogen and oxygen atoms in total. The molecule has 0 radical (unpaired) electrons. The highest BCUT2D eigenvalue weighted by atomic mass is 16.2. The van der Waals surface area contributed by atoms with Gasteiger partial charge in [-0.15, -0.1) is 6.42 Å². The smallest absolute Gasteiger partial charge is 0.235 e. The molecule has 1 N–H and O–H groups in total. The molecule has 1 aliphatic heterocycles. The molecule has 1 aliphatic carbocycles. The summed E-state index contributed by atoms with van der Waals surface area (Å²) in [5, 5.41) is 3.02. The van der Waals surface area contributed by atoms with Crippen LogP contribution in [0.2, 0.25) is 0 Å². The number of carbonyl (C=O) groups excluding carboxylic acids is 2. The standard InChI is InChI=1S/C19H21NO2/c1-4-14-10-12(2)15(13(3)11-14)16-17(21)19(20-18(16)22)8-6-5-7-9-19/h1,10-11,16H,5-9H2,2-3H3,(H,20,22). The molecule has 1 amide bonds. The maximum atomic E-state index is 13.0. The van der Waals surface area contributed by atoms with Crippen LogP contribution in [0.15, 0.2) is 12.1 Å². The van der Waals surface area contributed by atoms with Crippen LogP contribution in [0, 0.1) is 26.2 Å². The number of carbonyl (C=O) groups is 2. The van der Waals surface area contributed by atoms with Crippen LogP contribution in [0.3, 0.4) is 0 Å². The lowest BCUT2D eigenvalue weighted by Crippen LogP contribution is -2.47. The Morgan fingerprint density at radius 1 is 1.14 bits per heavy atom. The molecule has 1 aromatic rings. The first-order valence-corrected chi connectivity index (χ1v) is 7.92. The Morgan fingerprint density at radius 3 is 2.27 bits per heavy atom. The van der Waals surface area contributed by atoms with Crippen molar-refractivity contribution in [3.05, 3.63) is 34.4 Å². The molecule has 1 aromatic carbocycles. The van der Waals surface area contributed by atoms with Crippen molar-refractivity contribution in [2.45, 2.75) is 57.4 Å². The molecule has 1 atom stereocenters. The number of ketones is 1. The number of benzene rings is 1. The number of terminal acetylenes is 1. The van der Waals surface area contributed by atoms with Gasteiger partial charge in [-0.25, -0.2) is 0 Å². The first-order valence-electron chi connectivity index (χ1n) is 7.92. The van der Waals surface area contributed by atoms with Gasteiger partial charge in [0.15, 0.2) is 5.78 Å². The van der Waals surface area contributed by atoms with Gasteiger partial charge < -0.3 is 5.32 Å². The zero-order valence-corrected chi connectivity index (χ0v) is 13.2. The van der Waals surface area contributed by atoms with Gasteiger partial charge in [-0.1, -0.05) is 25.2 Å². The maximum absolute atomic E-state index is 13.0. The van der Waals surface area contributed by atoms with Gasteiger partial charge in [0.1, 0.15) is 5.92 Å². The molecule has 2 fully saturated rings. The van der Waals surface area contributed by atoms with Gasteiger partial charge in [0.05, 0.1) is 5.54 Å². The van der Waals surface area contributed by atoms with Crippen molar-refractivity contribution in [3.8, 4) is 12.3 Å². The highest BCUT2D eigenvalue weighted by Crippen LogP contribution is 2.40. The van der Waals surface area contributed by atoms with E-state index in [9.17, 15) is 9.59 Å². The molecule has 1 saturated heterocycles. The Bertz CT molecular complexity index is 667. The molecule has 1 spiro atoms. The first kappa shape index (κ1) is 14.8.